The average Bonchev–Trinajstić information content (AvgIpc) is 2.55. The van der Waals surface area contributed by atoms with Crippen LogP contribution in [0.2, 0.25) is 0 Å². The van der Waals surface area contributed by atoms with Crippen molar-refractivity contribution in [2.24, 2.45) is 5.41 Å². The summed E-state index contributed by atoms with van der Waals surface area (Å²) in [6.07, 6.45) is 3.51. The van der Waals surface area contributed by atoms with Gasteiger partial charge in [0, 0.05) is 29.3 Å². The van der Waals surface area contributed by atoms with Crippen LogP contribution >= 0.6 is 11.8 Å². The van der Waals surface area contributed by atoms with Gasteiger partial charge >= 0.3 is 0 Å². The van der Waals surface area contributed by atoms with Crippen LogP contribution in [0.3, 0.4) is 0 Å². The van der Waals surface area contributed by atoms with Crippen molar-refractivity contribution in [3.8, 4) is 0 Å². The average molecular weight is 349 g/mol. The number of ether oxygens (including phenoxy) is 2. The molecule has 0 saturated carbocycles. The lowest BCUT2D eigenvalue weighted by atomic mass is 9.75. The molecule has 1 saturated heterocycles. The molecule has 24 heavy (non-hydrogen) atoms. The lowest BCUT2D eigenvalue weighted by Crippen LogP contribution is -2.50. The maximum absolute atomic E-state index is 6.29. The molecule has 0 aliphatic carbocycles. The third-order valence-electron chi connectivity index (χ3n) is 4.96. The second-order valence-electron chi connectivity index (χ2n) is 7.61. The molecule has 1 fully saturated rings. The highest BCUT2D eigenvalue weighted by Crippen LogP contribution is 2.43. The van der Waals surface area contributed by atoms with Gasteiger partial charge in [-0.05, 0) is 45.2 Å². The summed E-state index contributed by atoms with van der Waals surface area (Å²) in [7, 11) is 1.81. The summed E-state index contributed by atoms with van der Waals surface area (Å²) in [6.45, 7) is 13.7. The van der Waals surface area contributed by atoms with E-state index >= 15 is 0 Å². The number of aryl methyl sites for hydroxylation is 1. The lowest BCUT2D eigenvalue weighted by molar-refractivity contribution is -0.111. The molecule has 0 aromatic heterocycles. The van der Waals surface area contributed by atoms with Gasteiger partial charge < -0.3 is 9.47 Å². The van der Waals surface area contributed by atoms with E-state index in [4.69, 9.17) is 9.47 Å². The third-order valence-corrected chi connectivity index (χ3v) is 6.29. The fourth-order valence-electron chi connectivity index (χ4n) is 3.51. The fourth-order valence-corrected chi connectivity index (χ4v) is 4.99. The van der Waals surface area contributed by atoms with Crippen molar-refractivity contribution < 1.29 is 9.47 Å². The standard InChI is InChI=1S/C21H32O2S/c1-15(2)14-19(22-6)21(4,5)20-18(8-7-13-23-20)24-17-11-9-16(3)10-12-17/h9-12,18-20H,1,7-8,13-14H2,2-6H3/t18-,19-,20-/m1/s1. The Morgan fingerprint density at radius 1 is 1.38 bits per heavy atom. The van der Waals surface area contributed by atoms with Crippen LogP contribution in [0.4, 0.5) is 0 Å². The minimum absolute atomic E-state index is 0.0590. The van der Waals surface area contributed by atoms with Crippen molar-refractivity contribution >= 4 is 11.8 Å². The summed E-state index contributed by atoms with van der Waals surface area (Å²) in [4.78, 5) is 1.32. The van der Waals surface area contributed by atoms with Crippen molar-refractivity contribution in [3.63, 3.8) is 0 Å². The van der Waals surface area contributed by atoms with Crippen molar-refractivity contribution in [2.45, 2.75) is 69.3 Å². The van der Waals surface area contributed by atoms with Crippen molar-refractivity contribution in [1.29, 1.82) is 0 Å². The van der Waals surface area contributed by atoms with Gasteiger partial charge in [0.2, 0.25) is 0 Å². The van der Waals surface area contributed by atoms with Gasteiger partial charge in [0.1, 0.15) is 0 Å². The number of thioether (sulfide) groups is 1. The first-order chi connectivity index (χ1) is 11.3. The molecule has 1 heterocycles. The number of rotatable bonds is 7. The highest BCUT2D eigenvalue weighted by atomic mass is 32.2. The van der Waals surface area contributed by atoms with Gasteiger partial charge in [-0.2, -0.15) is 0 Å². The Kier molecular flexibility index (Phi) is 6.97. The van der Waals surface area contributed by atoms with Crippen molar-refractivity contribution in [2.75, 3.05) is 13.7 Å². The topological polar surface area (TPSA) is 18.5 Å². The van der Waals surface area contributed by atoms with E-state index in [1.807, 2.05) is 11.8 Å². The monoisotopic (exact) mass is 348 g/mol. The van der Waals surface area contributed by atoms with Gasteiger partial charge in [-0.1, -0.05) is 37.1 Å². The Hall–Kier alpha value is -0.770. The second kappa shape index (κ2) is 8.55. The SMILES string of the molecule is C=C(C)C[C@@H](OC)C(C)(C)[C@@H]1OCCC[C@H]1Sc1ccc(C)cc1. The van der Waals surface area contributed by atoms with E-state index in [0.717, 1.165) is 25.0 Å². The predicted molar refractivity (Wildman–Crippen MR) is 104 cm³/mol. The maximum atomic E-state index is 6.29. The first-order valence-corrected chi connectivity index (χ1v) is 9.74. The first kappa shape index (κ1) is 19.6. The van der Waals surface area contributed by atoms with Gasteiger partial charge in [0.15, 0.2) is 0 Å². The molecule has 134 valence electrons. The smallest absolute Gasteiger partial charge is 0.0772 e. The van der Waals surface area contributed by atoms with Crippen molar-refractivity contribution in [1.82, 2.24) is 0 Å². The van der Waals surface area contributed by atoms with Gasteiger partial charge in [-0.3, -0.25) is 0 Å². The van der Waals surface area contributed by atoms with Crippen molar-refractivity contribution in [3.05, 3.63) is 42.0 Å². The molecule has 3 heteroatoms. The van der Waals surface area contributed by atoms with E-state index in [1.165, 1.54) is 16.9 Å². The molecule has 0 spiro atoms. The zero-order valence-electron chi connectivity index (χ0n) is 15.8. The summed E-state index contributed by atoms with van der Waals surface area (Å²) in [5.74, 6) is 0. The summed E-state index contributed by atoms with van der Waals surface area (Å²) in [6, 6.07) is 8.82. The molecule has 2 rings (SSSR count). The number of hydrogen-bond donors (Lipinski definition) is 0. The van der Waals surface area contributed by atoms with Crippen LogP contribution in [-0.2, 0) is 9.47 Å². The Balaban J connectivity index is 2.17. The highest BCUT2D eigenvalue weighted by molar-refractivity contribution is 8.00. The zero-order chi connectivity index (χ0) is 17.7. The molecular weight excluding hydrogens is 316 g/mol. The van der Waals surface area contributed by atoms with E-state index in [-0.39, 0.29) is 17.6 Å². The van der Waals surface area contributed by atoms with Crippen LogP contribution in [0.25, 0.3) is 0 Å². The maximum Gasteiger partial charge on any atom is 0.0772 e. The van der Waals surface area contributed by atoms with Crippen LogP contribution in [-0.4, -0.2) is 31.2 Å². The van der Waals surface area contributed by atoms with Gasteiger partial charge in [0.25, 0.3) is 0 Å². The summed E-state index contributed by atoms with van der Waals surface area (Å²) in [5.41, 5.74) is 2.40. The summed E-state index contributed by atoms with van der Waals surface area (Å²) < 4.78 is 12.1. The number of hydrogen-bond acceptors (Lipinski definition) is 3. The molecule has 1 aromatic carbocycles. The highest BCUT2D eigenvalue weighted by Gasteiger charge is 2.44. The Morgan fingerprint density at radius 2 is 2.04 bits per heavy atom. The molecule has 1 aliphatic rings. The minimum atomic E-state index is -0.0590. The van der Waals surface area contributed by atoms with Gasteiger partial charge in [0.05, 0.1) is 12.2 Å². The fraction of sp³-hybridized carbons (Fsp3) is 0.619. The molecule has 1 aromatic rings. The Bertz CT molecular complexity index is 535. The summed E-state index contributed by atoms with van der Waals surface area (Å²) >= 11 is 1.95. The predicted octanol–water partition coefficient (Wildman–Crippen LogP) is 5.64. The molecule has 1 aliphatic heterocycles. The van der Waals surface area contributed by atoms with Crippen LogP contribution < -0.4 is 0 Å². The normalized spacial score (nSPS) is 23.0. The van der Waals surface area contributed by atoms with E-state index in [2.05, 4.69) is 58.5 Å². The van der Waals surface area contributed by atoms with Crippen LogP contribution in [0.5, 0.6) is 0 Å². The largest absolute Gasteiger partial charge is 0.380 e. The van der Waals surface area contributed by atoms with Gasteiger partial charge in [-0.15, -0.1) is 18.3 Å². The first-order valence-electron chi connectivity index (χ1n) is 8.86. The van der Waals surface area contributed by atoms with E-state index < -0.39 is 0 Å². The molecule has 2 nitrogen and oxygen atoms in total. The quantitative estimate of drug-likeness (QED) is 0.594. The third kappa shape index (κ3) is 4.87. The van der Waals surface area contributed by atoms with E-state index in [0.29, 0.717) is 5.25 Å². The second-order valence-corrected chi connectivity index (χ2v) is 8.92. The Morgan fingerprint density at radius 3 is 2.62 bits per heavy atom. The summed E-state index contributed by atoms with van der Waals surface area (Å²) in [5, 5.41) is 0.458. The van der Waals surface area contributed by atoms with Crippen LogP contribution in [0, 0.1) is 12.3 Å². The van der Waals surface area contributed by atoms with Gasteiger partial charge in [-0.25, -0.2) is 0 Å². The Labute approximate surface area is 152 Å². The zero-order valence-corrected chi connectivity index (χ0v) is 16.6. The van der Waals surface area contributed by atoms with E-state index in [9.17, 15) is 0 Å². The number of benzene rings is 1. The molecule has 0 N–H and O–H groups in total. The van der Waals surface area contributed by atoms with Crippen LogP contribution in [0.1, 0.15) is 45.6 Å². The minimum Gasteiger partial charge on any atom is -0.380 e. The number of methoxy groups -OCH3 is 1. The molecular formula is C21H32O2S. The van der Waals surface area contributed by atoms with E-state index in [1.54, 1.807) is 7.11 Å². The molecule has 0 radical (unpaired) electrons. The lowest BCUT2D eigenvalue weighted by Gasteiger charge is -2.45. The molecule has 0 unspecified atom stereocenters. The molecule has 3 atom stereocenters. The molecule has 0 amide bonds. The molecule has 0 bridgehead atoms. The van der Waals surface area contributed by atoms with Crippen LogP contribution in [0.15, 0.2) is 41.3 Å².